The van der Waals surface area contributed by atoms with Gasteiger partial charge in [0.05, 0.1) is 0 Å². The van der Waals surface area contributed by atoms with Crippen molar-refractivity contribution in [3.63, 3.8) is 0 Å². The first-order chi connectivity index (χ1) is 16.0. The topological polar surface area (TPSA) is 129 Å². The minimum absolute atomic E-state index is 0.0321. The first-order valence-corrected chi connectivity index (χ1v) is 10.8. The van der Waals surface area contributed by atoms with E-state index in [4.69, 9.17) is 81.1 Å². The highest BCUT2D eigenvalue weighted by Crippen LogP contribution is 2.36. The SMILES string of the molecule is NC(=N[C@H](OC(=O)C(F)(F)F)C(Cl)(Cl)Cl)c1ccc(C(N)=N[C@H](OC(=O)C(F)(F)F)C(Cl)(Cl)Cl)cc1. The van der Waals surface area contributed by atoms with E-state index in [0.717, 1.165) is 24.3 Å². The molecule has 0 heterocycles. The van der Waals surface area contributed by atoms with Crippen LogP contribution in [0.15, 0.2) is 34.3 Å². The normalized spacial score (nSPS) is 15.8. The van der Waals surface area contributed by atoms with Gasteiger partial charge in [-0.15, -0.1) is 0 Å². The number of nitrogens with two attached hydrogens (primary N) is 2. The van der Waals surface area contributed by atoms with Crippen LogP contribution in [-0.4, -0.2) is 56.0 Å². The maximum atomic E-state index is 12.5. The summed E-state index contributed by atoms with van der Waals surface area (Å²) in [6.45, 7) is 0. The molecule has 0 spiro atoms. The van der Waals surface area contributed by atoms with E-state index in [1.165, 1.54) is 0 Å². The summed E-state index contributed by atoms with van der Waals surface area (Å²) < 4.78 is 77.5. The fourth-order valence-electron chi connectivity index (χ4n) is 1.88. The molecular weight excluding hydrogens is 639 g/mol. The Balaban J connectivity index is 3.22. The Morgan fingerprint density at radius 1 is 0.667 bits per heavy atom. The highest BCUT2D eigenvalue weighted by molar-refractivity contribution is 6.68. The number of carbonyl (C=O) groups excluding carboxylic acids is 2. The molecule has 20 heteroatoms. The Kier molecular flexibility index (Phi) is 10.7. The Morgan fingerprint density at radius 2 is 0.917 bits per heavy atom. The van der Waals surface area contributed by atoms with Gasteiger partial charge in [0, 0.05) is 11.1 Å². The minimum atomic E-state index is -5.42. The van der Waals surface area contributed by atoms with Gasteiger partial charge in [-0.1, -0.05) is 93.9 Å². The second-order valence-corrected chi connectivity index (χ2v) is 10.9. The van der Waals surface area contributed by atoms with Gasteiger partial charge >= 0.3 is 24.3 Å². The van der Waals surface area contributed by atoms with Crippen molar-refractivity contribution in [2.24, 2.45) is 21.5 Å². The zero-order valence-corrected chi connectivity index (χ0v) is 21.2. The second-order valence-electron chi connectivity index (χ2n) is 6.20. The molecule has 2 atom stereocenters. The number of hydrogen-bond donors (Lipinski definition) is 2. The molecule has 0 saturated carbocycles. The Bertz CT molecular complexity index is 941. The van der Waals surface area contributed by atoms with Crippen molar-refractivity contribution in [1.29, 1.82) is 0 Å². The zero-order chi connectivity index (χ0) is 28.3. The lowest BCUT2D eigenvalue weighted by Crippen LogP contribution is -2.37. The largest absolute Gasteiger partial charge is 0.491 e. The zero-order valence-electron chi connectivity index (χ0n) is 16.7. The molecule has 0 amide bonds. The molecule has 0 aliphatic carbocycles. The fourth-order valence-corrected chi connectivity index (χ4v) is 2.44. The summed E-state index contributed by atoms with van der Waals surface area (Å²) in [5.41, 5.74) is 11.3. The van der Waals surface area contributed by atoms with E-state index >= 15 is 0 Å². The third-order valence-electron chi connectivity index (χ3n) is 3.45. The van der Waals surface area contributed by atoms with Crippen LogP contribution in [0.4, 0.5) is 26.3 Å². The van der Waals surface area contributed by atoms with Gasteiger partial charge in [0.1, 0.15) is 11.7 Å². The standard InChI is InChI=1S/C16H10Cl6F6N4O4/c17-13(18,19)9(35-11(33)15(23,24)25)31-7(29)5-1-2-6(4-3-5)8(30)32-10(14(20,21)22)36-12(34)16(26,27)28/h1-4,9-10H,(H2,29,31)(H2,30,32)/t9-,10-/m1/s1. The first kappa shape index (κ1) is 32.4. The summed E-state index contributed by atoms with van der Waals surface area (Å²) in [5.74, 6) is -6.54. The maximum absolute atomic E-state index is 12.5. The number of rotatable bonds is 6. The highest BCUT2D eigenvalue weighted by atomic mass is 35.6. The van der Waals surface area contributed by atoms with Gasteiger partial charge in [-0.3, -0.25) is 0 Å². The average molecular weight is 649 g/mol. The van der Waals surface area contributed by atoms with Crippen LogP contribution in [0, 0.1) is 0 Å². The van der Waals surface area contributed by atoms with Crippen molar-refractivity contribution in [2.75, 3.05) is 0 Å². The summed E-state index contributed by atoms with van der Waals surface area (Å²) in [7, 11) is 0. The molecule has 0 aliphatic heterocycles. The quantitative estimate of drug-likeness (QED) is 0.151. The first-order valence-electron chi connectivity index (χ1n) is 8.50. The molecule has 0 unspecified atom stereocenters. The minimum Gasteiger partial charge on any atom is -0.428 e. The molecule has 1 aromatic carbocycles. The lowest BCUT2D eigenvalue weighted by atomic mass is 10.1. The van der Waals surface area contributed by atoms with E-state index in [2.05, 4.69) is 19.5 Å². The Hall–Kier alpha value is -1.58. The number of ether oxygens (including phenoxy) is 2. The Labute approximate surface area is 227 Å². The van der Waals surface area contributed by atoms with Crippen LogP contribution in [0.25, 0.3) is 0 Å². The maximum Gasteiger partial charge on any atom is 0.491 e. The second kappa shape index (κ2) is 11.9. The molecule has 1 rings (SSSR count). The number of halogens is 12. The summed E-state index contributed by atoms with van der Waals surface area (Å²) in [4.78, 5) is 29.0. The third kappa shape index (κ3) is 10.1. The molecule has 0 aromatic heterocycles. The van der Waals surface area contributed by atoms with Gasteiger partial charge in [0.25, 0.3) is 0 Å². The molecule has 1 aromatic rings. The molecule has 36 heavy (non-hydrogen) atoms. The Morgan fingerprint density at radius 3 is 1.11 bits per heavy atom. The molecule has 4 N–H and O–H groups in total. The number of alkyl halides is 12. The number of carbonyl (C=O) groups is 2. The molecule has 0 saturated heterocycles. The van der Waals surface area contributed by atoms with Gasteiger partial charge in [-0.2, -0.15) is 26.3 Å². The fraction of sp³-hybridized carbons (Fsp3) is 0.375. The molecule has 8 nitrogen and oxygen atoms in total. The van der Waals surface area contributed by atoms with Crippen LogP contribution in [0.3, 0.4) is 0 Å². The van der Waals surface area contributed by atoms with Crippen molar-refractivity contribution in [1.82, 2.24) is 0 Å². The van der Waals surface area contributed by atoms with Crippen molar-refractivity contribution in [3.8, 4) is 0 Å². The van der Waals surface area contributed by atoms with Crippen molar-refractivity contribution in [3.05, 3.63) is 35.4 Å². The van der Waals surface area contributed by atoms with Crippen LogP contribution in [0.2, 0.25) is 0 Å². The molecule has 0 radical (unpaired) electrons. The summed E-state index contributed by atoms with van der Waals surface area (Å²) in [5, 5.41) is 0. The summed E-state index contributed by atoms with van der Waals surface area (Å²) >= 11 is 33.0. The van der Waals surface area contributed by atoms with Crippen molar-refractivity contribution in [2.45, 2.75) is 32.4 Å². The summed E-state index contributed by atoms with van der Waals surface area (Å²) in [6.07, 6.45) is -15.5. The van der Waals surface area contributed by atoms with E-state index in [1.54, 1.807) is 0 Å². The molecule has 202 valence electrons. The smallest absolute Gasteiger partial charge is 0.428 e. The van der Waals surface area contributed by atoms with E-state index in [9.17, 15) is 35.9 Å². The highest BCUT2D eigenvalue weighted by Gasteiger charge is 2.47. The van der Waals surface area contributed by atoms with Crippen LogP contribution < -0.4 is 11.5 Å². The number of nitrogens with zero attached hydrogens (tertiary/aromatic N) is 2. The van der Waals surface area contributed by atoms with E-state index in [0.29, 0.717) is 0 Å². The molecule has 0 fully saturated rings. The third-order valence-corrected chi connectivity index (χ3v) is 4.57. The van der Waals surface area contributed by atoms with Crippen LogP contribution in [0.1, 0.15) is 11.1 Å². The van der Waals surface area contributed by atoms with Crippen LogP contribution in [-0.2, 0) is 19.1 Å². The van der Waals surface area contributed by atoms with Crippen molar-refractivity contribution >= 4 is 93.2 Å². The van der Waals surface area contributed by atoms with Gasteiger partial charge in [0.2, 0.25) is 20.0 Å². The molecule has 0 aliphatic rings. The van der Waals surface area contributed by atoms with E-state index in [1.807, 2.05) is 0 Å². The number of hydrogen-bond acceptors (Lipinski definition) is 6. The van der Waals surface area contributed by atoms with Gasteiger partial charge in [0.15, 0.2) is 0 Å². The molecule has 0 bridgehead atoms. The number of benzene rings is 1. The van der Waals surface area contributed by atoms with Gasteiger partial charge in [-0.05, 0) is 0 Å². The lowest BCUT2D eigenvalue weighted by Gasteiger charge is -2.22. The molecular formula is C16H10Cl6F6N4O4. The van der Waals surface area contributed by atoms with Gasteiger partial charge in [-0.25, -0.2) is 19.6 Å². The predicted octanol–water partition coefficient (Wildman–Crippen LogP) is 4.70. The lowest BCUT2D eigenvalue weighted by molar-refractivity contribution is -0.204. The number of aliphatic imine (C=N–C) groups is 2. The van der Waals surface area contributed by atoms with Crippen LogP contribution in [0.5, 0.6) is 0 Å². The number of esters is 2. The van der Waals surface area contributed by atoms with Crippen molar-refractivity contribution < 1.29 is 45.4 Å². The van der Waals surface area contributed by atoms with Gasteiger partial charge < -0.3 is 20.9 Å². The predicted molar refractivity (Wildman–Crippen MR) is 120 cm³/mol. The summed E-state index contributed by atoms with van der Waals surface area (Å²) in [6, 6.07) is 4.57. The number of amidine groups is 2. The van der Waals surface area contributed by atoms with E-state index in [-0.39, 0.29) is 11.1 Å². The average Bonchev–Trinajstić information content (AvgIpc) is 2.69. The van der Waals surface area contributed by atoms with Crippen LogP contribution >= 0.6 is 69.6 Å². The monoisotopic (exact) mass is 646 g/mol. The van der Waals surface area contributed by atoms with E-state index < -0.39 is 56.0 Å².